The Labute approximate surface area is 125 Å². The van der Waals surface area contributed by atoms with E-state index < -0.39 is 0 Å². The third-order valence-corrected chi connectivity index (χ3v) is 5.70. The largest absolute Gasteiger partial charge is 0.350 e. The zero-order valence-electron chi connectivity index (χ0n) is 12.2. The molecule has 2 aliphatic rings. The van der Waals surface area contributed by atoms with Crippen LogP contribution in [-0.4, -0.2) is 18.0 Å². The van der Waals surface area contributed by atoms with Crippen molar-refractivity contribution in [2.45, 2.75) is 64.1 Å². The highest BCUT2D eigenvalue weighted by molar-refractivity contribution is 7.11. The van der Waals surface area contributed by atoms with Gasteiger partial charge in [-0.05, 0) is 50.7 Å². The van der Waals surface area contributed by atoms with E-state index in [9.17, 15) is 4.79 Å². The molecule has 1 aromatic heterocycles. The van der Waals surface area contributed by atoms with Crippen LogP contribution in [0.25, 0.3) is 0 Å². The summed E-state index contributed by atoms with van der Waals surface area (Å²) in [5.74, 6) is 0.993. The van der Waals surface area contributed by atoms with Crippen LogP contribution in [0.3, 0.4) is 0 Å². The summed E-state index contributed by atoms with van der Waals surface area (Å²) in [6.07, 6.45) is 7.50. The van der Waals surface area contributed by atoms with Crippen LogP contribution in [0.2, 0.25) is 0 Å². The minimum atomic E-state index is 0.0235. The molecule has 1 amide bonds. The summed E-state index contributed by atoms with van der Waals surface area (Å²) in [6.45, 7) is 2.77. The lowest BCUT2D eigenvalue weighted by atomic mass is 9.77. The van der Waals surface area contributed by atoms with Crippen molar-refractivity contribution < 1.29 is 4.79 Å². The molecule has 0 bridgehead atoms. The van der Waals surface area contributed by atoms with Crippen LogP contribution in [0.1, 0.15) is 48.3 Å². The fourth-order valence-electron chi connectivity index (χ4n) is 3.58. The molecule has 0 radical (unpaired) electrons. The number of aryl methyl sites for hydroxylation is 1. The van der Waals surface area contributed by atoms with Crippen molar-refractivity contribution in [3.05, 3.63) is 21.9 Å². The van der Waals surface area contributed by atoms with Gasteiger partial charge in [-0.15, -0.1) is 11.3 Å². The van der Waals surface area contributed by atoms with Gasteiger partial charge in [-0.2, -0.15) is 0 Å². The maximum atomic E-state index is 12.3. The van der Waals surface area contributed by atoms with Crippen LogP contribution in [0.4, 0.5) is 0 Å². The van der Waals surface area contributed by atoms with Gasteiger partial charge in [0, 0.05) is 15.8 Å². The Morgan fingerprint density at radius 2 is 2.15 bits per heavy atom. The van der Waals surface area contributed by atoms with Gasteiger partial charge < -0.3 is 10.6 Å². The highest BCUT2D eigenvalue weighted by Gasteiger charge is 2.34. The molecule has 3 atom stereocenters. The first-order valence-corrected chi connectivity index (χ1v) is 8.63. The number of carbonyl (C=O) groups is 1. The van der Waals surface area contributed by atoms with Gasteiger partial charge in [-0.3, -0.25) is 4.79 Å². The summed E-state index contributed by atoms with van der Waals surface area (Å²) < 4.78 is 0. The first kappa shape index (κ1) is 14.1. The molecule has 4 heteroatoms. The third kappa shape index (κ3) is 3.23. The minimum Gasteiger partial charge on any atom is -0.350 e. The number of piperidine rings is 1. The minimum absolute atomic E-state index is 0.0235. The van der Waals surface area contributed by atoms with E-state index >= 15 is 0 Å². The summed E-state index contributed by atoms with van der Waals surface area (Å²) in [5, 5.41) is 6.67. The Hall–Kier alpha value is -0.870. The van der Waals surface area contributed by atoms with Crippen LogP contribution in [0.15, 0.2) is 12.1 Å². The molecule has 2 fully saturated rings. The highest BCUT2D eigenvalue weighted by Crippen LogP contribution is 2.32. The molecule has 3 nitrogen and oxygen atoms in total. The number of carbonyl (C=O) groups excluding carboxylic acids is 1. The molecular weight excluding hydrogens is 268 g/mol. The van der Waals surface area contributed by atoms with E-state index in [0.717, 1.165) is 12.3 Å². The van der Waals surface area contributed by atoms with Crippen molar-refractivity contribution in [1.29, 1.82) is 0 Å². The molecule has 1 saturated carbocycles. The van der Waals surface area contributed by atoms with Crippen LogP contribution in [0.5, 0.6) is 0 Å². The Balaban J connectivity index is 1.50. The number of rotatable bonds is 3. The van der Waals surface area contributed by atoms with Crippen LogP contribution < -0.4 is 10.6 Å². The first-order chi connectivity index (χ1) is 9.72. The monoisotopic (exact) mass is 292 g/mol. The zero-order valence-corrected chi connectivity index (χ0v) is 13.0. The van der Waals surface area contributed by atoms with Gasteiger partial charge in [0.2, 0.25) is 5.91 Å². The molecule has 2 heterocycles. The Kier molecular flexibility index (Phi) is 4.41. The van der Waals surface area contributed by atoms with Crippen molar-refractivity contribution >= 4 is 17.2 Å². The van der Waals surface area contributed by atoms with Gasteiger partial charge in [-0.1, -0.05) is 12.8 Å². The molecule has 1 aliphatic carbocycles. The summed E-state index contributed by atoms with van der Waals surface area (Å²) in [6, 6.07) is 4.82. The molecule has 3 unspecified atom stereocenters. The summed E-state index contributed by atoms with van der Waals surface area (Å²) in [5.41, 5.74) is 0. The predicted molar refractivity (Wildman–Crippen MR) is 82.8 cm³/mol. The molecular formula is C16H24N2OS. The van der Waals surface area contributed by atoms with Crippen molar-refractivity contribution in [3.8, 4) is 0 Å². The fourth-order valence-corrected chi connectivity index (χ4v) is 4.41. The molecule has 1 saturated heterocycles. The molecule has 2 N–H and O–H groups in total. The van der Waals surface area contributed by atoms with Crippen molar-refractivity contribution in [1.82, 2.24) is 10.6 Å². The lowest BCUT2D eigenvalue weighted by molar-refractivity contribution is -0.124. The number of hydrogen-bond donors (Lipinski definition) is 2. The van der Waals surface area contributed by atoms with Crippen LogP contribution in [-0.2, 0) is 11.3 Å². The molecule has 0 spiro atoms. The topological polar surface area (TPSA) is 41.1 Å². The van der Waals surface area contributed by atoms with E-state index in [1.165, 1.54) is 41.9 Å². The van der Waals surface area contributed by atoms with Crippen molar-refractivity contribution in [3.63, 3.8) is 0 Å². The number of thiophene rings is 1. The Bertz CT molecular complexity index is 471. The number of amides is 1. The summed E-state index contributed by atoms with van der Waals surface area (Å²) in [7, 11) is 0. The van der Waals surface area contributed by atoms with E-state index in [1.54, 1.807) is 11.3 Å². The quantitative estimate of drug-likeness (QED) is 0.899. The summed E-state index contributed by atoms with van der Waals surface area (Å²) >= 11 is 1.76. The number of nitrogens with one attached hydrogen (secondary N) is 2. The zero-order chi connectivity index (χ0) is 13.9. The maximum absolute atomic E-state index is 12.3. The molecule has 0 aromatic carbocycles. The third-order valence-electron chi connectivity index (χ3n) is 4.70. The number of hydrogen-bond acceptors (Lipinski definition) is 3. The fraction of sp³-hybridized carbons (Fsp3) is 0.688. The molecule has 1 aromatic rings. The molecule has 1 aliphatic heterocycles. The average Bonchev–Trinajstić information content (AvgIpc) is 2.90. The van der Waals surface area contributed by atoms with Crippen LogP contribution in [0, 0.1) is 12.8 Å². The molecule has 110 valence electrons. The second kappa shape index (κ2) is 6.27. The smallest absolute Gasteiger partial charge is 0.237 e. The van der Waals surface area contributed by atoms with Crippen LogP contribution >= 0.6 is 11.3 Å². The maximum Gasteiger partial charge on any atom is 0.237 e. The van der Waals surface area contributed by atoms with Crippen molar-refractivity contribution in [2.75, 3.05) is 0 Å². The van der Waals surface area contributed by atoms with E-state index in [4.69, 9.17) is 0 Å². The molecule has 3 rings (SSSR count). The van der Waals surface area contributed by atoms with Crippen molar-refractivity contribution in [2.24, 2.45) is 5.92 Å². The van der Waals surface area contributed by atoms with Gasteiger partial charge in [0.1, 0.15) is 0 Å². The lowest BCUT2D eigenvalue weighted by Crippen LogP contribution is -2.54. The Morgan fingerprint density at radius 3 is 2.95 bits per heavy atom. The normalized spacial score (nSPS) is 29.8. The summed E-state index contributed by atoms with van der Waals surface area (Å²) in [4.78, 5) is 14.8. The molecule has 20 heavy (non-hydrogen) atoms. The second-order valence-corrected chi connectivity index (χ2v) is 7.55. The average molecular weight is 292 g/mol. The van der Waals surface area contributed by atoms with E-state index in [-0.39, 0.29) is 11.9 Å². The predicted octanol–water partition coefficient (Wildman–Crippen LogP) is 2.98. The van der Waals surface area contributed by atoms with Gasteiger partial charge in [-0.25, -0.2) is 0 Å². The number of fused-ring (bicyclic) bond motifs is 1. The Morgan fingerprint density at radius 1 is 1.30 bits per heavy atom. The van der Waals surface area contributed by atoms with E-state index in [2.05, 4.69) is 29.7 Å². The van der Waals surface area contributed by atoms with Gasteiger partial charge in [0.25, 0.3) is 0 Å². The highest BCUT2D eigenvalue weighted by atomic mass is 32.1. The SMILES string of the molecule is Cc1ccc(CNC(=O)C2CCC3CCCCC3N2)s1. The first-order valence-electron chi connectivity index (χ1n) is 7.81. The van der Waals surface area contributed by atoms with Gasteiger partial charge >= 0.3 is 0 Å². The lowest BCUT2D eigenvalue weighted by Gasteiger charge is -2.39. The van der Waals surface area contributed by atoms with Gasteiger partial charge in [0.05, 0.1) is 12.6 Å². The second-order valence-electron chi connectivity index (χ2n) is 6.18. The standard InChI is InChI=1S/C16H24N2OS/c1-11-6-8-13(20-11)10-17-16(19)15-9-7-12-4-2-3-5-14(12)18-15/h6,8,12,14-15,18H,2-5,7,9-10H2,1H3,(H,17,19). The van der Waals surface area contributed by atoms with Gasteiger partial charge in [0.15, 0.2) is 0 Å². The van der Waals surface area contributed by atoms with E-state index in [1.807, 2.05) is 0 Å². The van der Waals surface area contributed by atoms with E-state index in [0.29, 0.717) is 12.6 Å².